The van der Waals surface area contributed by atoms with E-state index < -0.39 is 16.0 Å². The predicted molar refractivity (Wildman–Crippen MR) is 66.1 cm³/mol. The minimum Gasteiger partial charge on any atom is -0.273 e. The number of aryl methyl sites for hydroxylation is 1. The Kier molecular flexibility index (Phi) is 3.11. The highest BCUT2D eigenvalue weighted by atomic mass is 32.2. The minimum atomic E-state index is -1.39. The molecule has 17 heavy (non-hydrogen) atoms. The van der Waals surface area contributed by atoms with Gasteiger partial charge < -0.3 is 0 Å². The molecule has 0 spiro atoms. The monoisotopic (exact) mass is 251 g/mol. The summed E-state index contributed by atoms with van der Waals surface area (Å²) in [6.45, 7) is 3.43. The molecule has 1 aliphatic rings. The zero-order valence-corrected chi connectivity index (χ0v) is 10.5. The molecule has 90 valence electrons. The van der Waals surface area contributed by atoms with Crippen LogP contribution in [0.15, 0.2) is 24.3 Å². The molecule has 1 aromatic rings. The maximum Gasteiger partial charge on any atom is 0.249 e. The number of hydrogen-bond acceptors (Lipinski definition) is 3. The van der Waals surface area contributed by atoms with Gasteiger partial charge in [0.05, 0.1) is 5.69 Å². The van der Waals surface area contributed by atoms with Crippen molar-refractivity contribution in [1.82, 2.24) is 0 Å². The molecule has 0 aromatic heterocycles. The predicted octanol–water partition coefficient (Wildman–Crippen LogP) is 1.01. The van der Waals surface area contributed by atoms with E-state index in [1.165, 1.54) is 0 Å². The van der Waals surface area contributed by atoms with E-state index in [0.717, 1.165) is 10.5 Å². The van der Waals surface area contributed by atoms with E-state index in [4.69, 9.17) is 0 Å². The standard InChI is InChI=1S/C12H13NO3S/c1-8-5-3-4-6-10(8)13-11(14)7-17(16)9(2)12(13)15/h3-6,9H,7H2,1-2H3/t9-,17+/m1/s1. The van der Waals surface area contributed by atoms with Gasteiger partial charge in [-0.25, -0.2) is 4.90 Å². The van der Waals surface area contributed by atoms with Crippen LogP contribution < -0.4 is 4.90 Å². The molecular weight excluding hydrogens is 238 g/mol. The average molecular weight is 251 g/mol. The van der Waals surface area contributed by atoms with E-state index in [1.807, 2.05) is 19.1 Å². The number of anilines is 1. The van der Waals surface area contributed by atoms with Gasteiger partial charge in [0.2, 0.25) is 11.8 Å². The van der Waals surface area contributed by atoms with E-state index in [1.54, 1.807) is 19.1 Å². The lowest BCUT2D eigenvalue weighted by Crippen LogP contribution is -2.52. The molecule has 1 saturated heterocycles. The molecule has 0 N–H and O–H groups in total. The fraction of sp³-hybridized carbons (Fsp3) is 0.333. The van der Waals surface area contributed by atoms with Crippen molar-refractivity contribution in [1.29, 1.82) is 0 Å². The summed E-state index contributed by atoms with van der Waals surface area (Å²) in [7, 11) is -1.39. The second-order valence-electron chi connectivity index (χ2n) is 4.02. The zero-order valence-electron chi connectivity index (χ0n) is 9.67. The molecule has 1 fully saturated rings. The number of carbonyl (C=O) groups is 2. The topological polar surface area (TPSA) is 54.5 Å². The Labute approximate surface area is 102 Å². The molecule has 0 radical (unpaired) electrons. The summed E-state index contributed by atoms with van der Waals surface area (Å²) in [5.74, 6) is -0.851. The molecule has 2 amide bonds. The van der Waals surface area contributed by atoms with E-state index in [2.05, 4.69) is 0 Å². The first-order valence-corrected chi connectivity index (χ1v) is 6.70. The van der Waals surface area contributed by atoms with Crippen LogP contribution in [0.4, 0.5) is 5.69 Å². The number of nitrogens with zero attached hydrogens (tertiary/aromatic N) is 1. The summed E-state index contributed by atoms with van der Waals surface area (Å²) in [5, 5.41) is -0.618. The first-order chi connectivity index (χ1) is 8.02. The summed E-state index contributed by atoms with van der Waals surface area (Å²) in [6.07, 6.45) is 0. The Balaban J connectivity index is 2.45. The normalized spacial score (nSPS) is 25.2. The minimum absolute atomic E-state index is 0.0821. The second kappa shape index (κ2) is 4.41. The molecule has 0 saturated carbocycles. The first-order valence-electron chi connectivity index (χ1n) is 5.32. The first kappa shape index (κ1) is 12.0. The summed E-state index contributed by atoms with van der Waals surface area (Å²) >= 11 is 0. The Hall–Kier alpha value is -1.49. The lowest BCUT2D eigenvalue weighted by atomic mass is 10.1. The van der Waals surface area contributed by atoms with Crippen LogP contribution in [0.25, 0.3) is 0 Å². The van der Waals surface area contributed by atoms with E-state index in [9.17, 15) is 13.8 Å². The average Bonchev–Trinajstić information content (AvgIpc) is 2.29. The van der Waals surface area contributed by atoms with Gasteiger partial charge in [-0.2, -0.15) is 0 Å². The number of rotatable bonds is 1. The Morgan fingerprint density at radius 2 is 1.94 bits per heavy atom. The van der Waals surface area contributed by atoms with Crippen molar-refractivity contribution in [3.8, 4) is 0 Å². The maximum atomic E-state index is 12.0. The van der Waals surface area contributed by atoms with Crippen molar-refractivity contribution >= 4 is 28.3 Å². The summed E-state index contributed by atoms with van der Waals surface area (Å²) in [4.78, 5) is 25.0. The second-order valence-corrected chi connectivity index (χ2v) is 5.78. The number of para-hydroxylation sites is 1. The molecule has 0 aliphatic carbocycles. The van der Waals surface area contributed by atoms with Crippen LogP contribution in [0.1, 0.15) is 12.5 Å². The fourth-order valence-electron chi connectivity index (χ4n) is 1.80. The zero-order chi connectivity index (χ0) is 12.6. The Bertz CT molecular complexity index is 512. The van der Waals surface area contributed by atoms with Gasteiger partial charge in [-0.05, 0) is 25.5 Å². The third-order valence-electron chi connectivity index (χ3n) is 2.83. The van der Waals surface area contributed by atoms with Crippen molar-refractivity contribution in [3.63, 3.8) is 0 Å². The lowest BCUT2D eigenvalue weighted by Gasteiger charge is -2.29. The molecule has 0 bridgehead atoms. The summed E-state index contributed by atoms with van der Waals surface area (Å²) in [6, 6.07) is 7.19. The molecule has 5 heteroatoms. The number of amides is 2. The van der Waals surface area contributed by atoms with Crippen LogP contribution in [-0.4, -0.2) is 27.0 Å². The molecule has 0 unspecified atom stereocenters. The molecular formula is C12H13NO3S. The van der Waals surface area contributed by atoms with Gasteiger partial charge in [-0.3, -0.25) is 13.8 Å². The van der Waals surface area contributed by atoms with Crippen LogP contribution >= 0.6 is 0 Å². The quantitative estimate of drug-likeness (QED) is 0.700. The van der Waals surface area contributed by atoms with Crippen LogP contribution in [0.3, 0.4) is 0 Å². The van der Waals surface area contributed by atoms with E-state index in [0.29, 0.717) is 5.69 Å². The largest absolute Gasteiger partial charge is 0.273 e. The Morgan fingerprint density at radius 3 is 2.59 bits per heavy atom. The highest BCUT2D eigenvalue weighted by molar-refractivity contribution is 7.87. The van der Waals surface area contributed by atoms with Gasteiger partial charge >= 0.3 is 0 Å². The smallest absolute Gasteiger partial charge is 0.249 e. The van der Waals surface area contributed by atoms with Crippen LogP contribution in [0.2, 0.25) is 0 Å². The van der Waals surface area contributed by atoms with Crippen molar-refractivity contribution in [2.75, 3.05) is 10.7 Å². The van der Waals surface area contributed by atoms with Gasteiger partial charge in [0, 0.05) is 10.8 Å². The molecule has 1 heterocycles. The van der Waals surface area contributed by atoms with E-state index in [-0.39, 0.29) is 17.6 Å². The Morgan fingerprint density at radius 1 is 1.29 bits per heavy atom. The maximum absolute atomic E-state index is 12.0. The number of imide groups is 1. The van der Waals surface area contributed by atoms with Crippen molar-refractivity contribution in [2.45, 2.75) is 19.1 Å². The van der Waals surface area contributed by atoms with Crippen LogP contribution in [0.5, 0.6) is 0 Å². The third kappa shape index (κ3) is 2.02. The molecule has 1 aromatic carbocycles. The van der Waals surface area contributed by atoms with Crippen LogP contribution in [0, 0.1) is 6.92 Å². The number of benzene rings is 1. The summed E-state index contributed by atoms with van der Waals surface area (Å²) in [5.41, 5.74) is 1.44. The molecule has 2 rings (SSSR count). The van der Waals surface area contributed by atoms with Crippen molar-refractivity contribution in [3.05, 3.63) is 29.8 Å². The van der Waals surface area contributed by atoms with Gasteiger partial charge in [0.1, 0.15) is 11.0 Å². The third-order valence-corrected chi connectivity index (χ3v) is 4.36. The summed E-state index contributed by atoms with van der Waals surface area (Å²) < 4.78 is 11.5. The fourth-order valence-corrected chi connectivity index (χ4v) is 2.75. The van der Waals surface area contributed by atoms with Gasteiger partial charge in [-0.1, -0.05) is 18.2 Å². The van der Waals surface area contributed by atoms with Crippen molar-refractivity contribution in [2.24, 2.45) is 0 Å². The SMILES string of the molecule is Cc1ccccc1N1C(=O)C[S@](=O)[C@H](C)C1=O. The highest BCUT2D eigenvalue weighted by Crippen LogP contribution is 2.24. The lowest BCUT2D eigenvalue weighted by molar-refractivity contribution is -0.125. The van der Waals surface area contributed by atoms with Gasteiger partial charge in [0.25, 0.3) is 0 Å². The molecule has 1 aliphatic heterocycles. The van der Waals surface area contributed by atoms with E-state index >= 15 is 0 Å². The van der Waals surface area contributed by atoms with Crippen molar-refractivity contribution < 1.29 is 13.8 Å². The molecule has 2 atom stereocenters. The highest BCUT2D eigenvalue weighted by Gasteiger charge is 2.38. The van der Waals surface area contributed by atoms with Gasteiger partial charge in [0.15, 0.2) is 0 Å². The van der Waals surface area contributed by atoms with Crippen LogP contribution in [-0.2, 0) is 20.4 Å². The molecule has 4 nitrogen and oxygen atoms in total. The number of carbonyl (C=O) groups excluding carboxylic acids is 2. The number of hydrogen-bond donors (Lipinski definition) is 0. The van der Waals surface area contributed by atoms with Gasteiger partial charge in [-0.15, -0.1) is 0 Å².